The first-order valence-corrected chi connectivity index (χ1v) is 11.8. The van der Waals surface area contributed by atoms with Gasteiger partial charge in [0.2, 0.25) is 10.0 Å². The lowest BCUT2D eigenvalue weighted by Gasteiger charge is -2.32. The van der Waals surface area contributed by atoms with Crippen molar-refractivity contribution in [1.29, 1.82) is 0 Å². The number of piperidine rings is 1. The van der Waals surface area contributed by atoms with Crippen molar-refractivity contribution < 1.29 is 12.9 Å². The maximum Gasteiger partial charge on any atom is 0.276 e. The number of hydrogen-bond acceptors (Lipinski definition) is 6. The quantitative estimate of drug-likeness (QED) is 0.572. The van der Waals surface area contributed by atoms with E-state index in [0.29, 0.717) is 48.2 Å². The summed E-state index contributed by atoms with van der Waals surface area (Å²) in [5.41, 5.74) is 1.52. The molecule has 158 valence electrons. The van der Waals surface area contributed by atoms with Crippen LogP contribution < -0.4 is 0 Å². The number of benzene rings is 1. The predicted octanol–water partition coefficient (Wildman–Crippen LogP) is 3.73. The highest BCUT2D eigenvalue weighted by Crippen LogP contribution is 2.28. The molecule has 1 atom stereocenters. The SMILES string of the molecule is CCc1ccccc1S(=O)(=O)N1CCCC(CCc2noc(-c3ccccn3)n2)C1. The molecule has 0 bridgehead atoms. The number of aryl methyl sites for hydroxylation is 2. The van der Waals surface area contributed by atoms with Crippen LogP contribution in [-0.4, -0.2) is 40.9 Å². The molecule has 3 aromatic rings. The third kappa shape index (κ3) is 4.44. The second-order valence-corrected chi connectivity index (χ2v) is 9.51. The number of pyridine rings is 1. The summed E-state index contributed by atoms with van der Waals surface area (Å²) in [5.74, 6) is 1.32. The van der Waals surface area contributed by atoms with Crippen molar-refractivity contribution in [2.75, 3.05) is 13.1 Å². The Balaban J connectivity index is 1.40. The van der Waals surface area contributed by atoms with Crippen molar-refractivity contribution in [3.8, 4) is 11.6 Å². The zero-order valence-corrected chi connectivity index (χ0v) is 17.9. The molecule has 8 heteroatoms. The summed E-state index contributed by atoms with van der Waals surface area (Å²) in [7, 11) is -3.48. The molecule has 1 aliphatic heterocycles. The zero-order chi connectivity index (χ0) is 21.0. The summed E-state index contributed by atoms with van der Waals surface area (Å²) in [5, 5.41) is 4.06. The molecule has 2 aromatic heterocycles. The van der Waals surface area contributed by atoms with Gasteiger partial charge >= 0.3 is 0 Å². The van der Waals surface area contributed by atoms with Gasteiger partial charge in [-0.2, -0.15) is 9.29 Å². The number of hydrogen-bond donors (Lipinski definition) is 0. The lowest BCUT2D eigenvalue weighted by molar-refractivity contribution is 0.254. The van der Waals surface area contributed by atoms with Gasteiger partial charge in [-0.1, -0.05) is 36.3 Å². The first-order chi connectivity index (χ1) is 14.6. The molecule has 30 heavy (non-hydrogen) atoms. The molecule has 0 N–H and O–H groups in total. The molecule has 3 heterocycles. The van der Waals surface area contributed by atoms with E-state index in [1.165, 1.54) is 0 Å². The molecule has 1 saturated heterocycles. The molecule has 1 unspecified atom stereocenters. The first-order valence-electron chi connectivity index (χ1n) is 10.4. The van der Waals surface area contributed by atoms with Gasteiger partial charge in [-0.25, -0.2) is 8.42 Å². The Kier molecular flexibility index (Phi) is 6.24. The predicted molar refractivity (Wildman–Crippen MR) is 113 cm³/mol. The van der Waals surface area contributed by atoms with Crippen LogP contribution in [0.4, 0.5) is 0 Å². The minimum absolute atomic E-state index is 0.277. The minimum atomic E-state index is -3.48. The van der Waals surface area contributed by atoms with E-state index in [1.807, 2.05) is 37.3 Å². The Bertz CT molecular complexity index is 1080. The normalized spacial score (nSPS) is 17.8. The summed E-state index contributed by atoms with van der Waals surface area (Å²) < 4.78 is 33.4. The fraction of sp³-hybridized carbons (Fsp3) is 0.409. The topological polar surface area (TPSA) is 89.2 Å². The second kappa shape index (κ2) is 9.06. The molecule has 1 aliphatic rings. The van der Waals surface area contributed by atoms with Crippen LogP contribution >= 0.6 is 0 Å². The van der Waals surface area contributed by atoms with Crippen LogP contribution in [0.25, 0.3) is 11.6 Å². The Labute approximate surface area is 177 Å². The van der Waals surface area contributed by atoms with E-state index in [1.54, 1.807) is 22.6 Å². The standard InChI is InChI=1S/C22H26N4O3S/c1-2-18-9-3-4-11-20(18)30(27,28)26-15-7-8-17(16-26)12-13-21-24-22(29-25-21)19-10-5-6-14-23-19/h3-6,9-11,14,17H,2,7-8,12-13,15-16H2,1H3. The van der Waals surface area contributed by atoms with Gasteiger partial charge < -0.3 is 4.52 Å². The Morgan fingerprint density at radius 2 is 2.00 bits per heavy atom. The third-order valence-electron chi connectivity index (χ3n) is 5.58. The second-order valence-electron chi connectivity index (χ2n) is 7.60. The molecule has 4 rings (SSSR count). The Morgan fingerprint density at radius 3 is 2.80 bits per heavy atom. The van der Waals surface area contributed by atoms with Gasteiger partial charge in [-0.3, -0.25) is 4.98 Å². The summed E-state index contributed by atoms with van der Waals surface area (Å²) in [6.45, 7) is 3.09. The number of rotatable bonds is 7. The molecule has 0 radical (unpaired) electrons. The molecule has 1 aromatic carbocycles. The van der Waals surface area contributed by atoms with Crippen molar-refractivity contribution in [1.82, 2.24) is 19.4 Å². The maximum atomic E-state index is 13.2. The van der Waals surface area contributed by atoms with Crippen LogP contribution in [0.15, 0.2) is 58.1 Å². The van der Waals surface area contributed by atoms with Crippen LogP contribution in [0.3, 0.4) is 0 Å². The van der Waals surface area contributed by atoms with Crippen LogP contribution in [0.5, 0.6) is 0 Å². The van der Waals surface area contributed by atoms with E-state index < -0.39 is 10.0 Å². The average molecular weight is 427 g/mol. The van der Waals surface area contributed by atoms with E-state index in [9.17, 15) is 8.42 Å². The molecular formula is C22H26N4O3S. The van der Waals surface area contributed by atoms with Gasteiger partial charge in [0.25, 0.3) is 5.89 Å². The largest absolute Gasteiger partial charge is 0.332 e. The third-order valence-corrected chi connectivity index (χ3v) is 7.55. The number of nitrogens with zero attached hydrogens (tertiary/aromatic N) is 4. The van der Waals surface area contributed by atoms with E-state index >= 15 is 0 Å². The fourth-order valence-electron chi connectivity index (χ4n) is 3.95. The van der Waals surface area contributed by atoms with E-state index in [2.05, 4.69) is 15.1 Å². The van der Waals surface area contributed by atoms with Crippen molar-refractivity contribution in [2.24, 2.45) is 5.92 Å². The van der Waals surface area contributed by atoms with Gasteiger partial charge in [-0.15, -0.1) is 0 Å². The van der Waals surface area contributed by atoms with Crippen LogP contribution in [0.2, 0.25) is 0 Å². The number of aromatic nitrogens is 3. The monoisotopic (exact) mass is 426 g/mol. The highest BCUT2D eigenvalue weighted by Gasteiger charge is 2.31. The van der Waals surface area contributed by atoms with E-state index in [4.69, 9.17) is 4.52 Å². The smallest absolute Gasteiger partial charge is 0.276 e. The van der Waals surface area contributed by atoms with Gasteiger partial charge in [0.05, 0.1) is 4.90 Å². The minimum Gasteiger partial charge on any atom is -0.332 e. The maximum absolute atomic E-state index is 13.2. The molecule has 0 spiro atoms. The highest BCUT2D eigenvalue weighted by atomic mass is 32.2. The van der Waals surface area contributed by atoms with Gasteiger partial charge in [-0.05, 0) is 55.4 Å². The summed E-state index contributed by atoms with van der Waals surface area (Å²) in [6.07, 6.45) is 5.73. The van der Waals surface area contributed by atoms with Crippen molar-refractivity contribution >= 4 is 10.0 Å². The zero-order valence-electron chi connectivity index (χ0n) is 17.1. The van der Waals surface area contributed by atoms with Gasteiger partial charge in [0, 0.05) is 25.7 Å². The summed E-state index contributed by atoms with van der Waals surface area (Å²) in [6, 6.07) is 12.8. The molecule has 0 amide bonds. The first kappa shape index (κ1) is 20.7. The summed E-state index contributed by atoms with van der Waals surface area (Å²) >= 11 is 0. The molecular weight excluding hydrogens is 400 g/mol. The highest BCUT2D eigenvalue weighted by molar-refractivity contribution is 7.89. The van der Waals surface area contributed by atoms with Crippen molar-refractivity contribution in [3.63, 3.8) is 0 Å². The van der Waals surface area contributed by atoms with Crippen LogP contribution in [0, 0.1) is 5.92 Å². The Hall–Kier alpha value is -2.58. The van der Waals surface area contributed by atoms with Crippen LogP contribution in [0.1, 0.15) is 37.6 Å². The Morgan fingerprint density at radius 1 is 1.17 bits per heavy atom. The molecule has 0 saturated carbocycles. The van der Waals surface area contributed by atoms with Gasteiger partial charge in [0.1, 0.15) is 5.69 Å². The van der Waals surface area contributed by atoms with Crippen molar-refractivity contribution in [3.05, 3.63) is 60.0 Å². The van der Waals surface area contributed by atoms with E-state index in [-0.39, 0.29) is 5.92 Å². The van der Waals surface area contributed by atoms with E-state index in [0.717, 1.165) is 24.8 Å². The van der Waals surface area contributed by atoms with Crippen molar-refractivity contribution in [2.45, 2.75) is 43.9 Å². The molecule has 7 nitrogen and oxygen atoms in total. The fourth-order valence-corrected chi connectivity index (χ4v) is 5.80. The lowest BCUT2D eigenvalue weighted by Crippen LogP contribution is -2.40. The number of sulfonamides is 1. The molecule has 0 aliphatic carbocycles. The summed E-state index contributed by atoms with van der Waals surface area (Å²) in [4.78, 5) is 9.09. The van der Waals surface area contributed by atoms with Gasteiger partial charge in [0.15, 0.2) is 5.82 Å². The average Bonchev–Trinajstić information content (AvgIpc) is 3.27. The lowest BCUT2D eigenvalue weighted by atomic mass is 9.94. The molecule has 1 fully saturated rings. The van der Waals surface area contributed by atoms with Crippen LogP contribution in [-0.2, 0) is 22.9 Å².